The third-order valence-corrected chi connectivity index (χ3v) is 4.31. The van der Waals surface area contributed by atoms with Crippen LogP contribution < -0.4 is 10.3 Å². The molecule has 2 aromatic rings. The highest BCUT2D eigenvalue weighted by atomic mass is 16.5. The Hall–Kier alpha value is -3.16. The van der Waals surface area contributed by atoms with Gasteiger partial charge in [0.25, 0.3) is 17.4 Å². The van der Waals surface area contributed by atoms with Gasteiger partial charge in [-0.25, -0.2) is 5.10 Å². The second-order valence-corrected chi connectivity index (χ2v) is 5.94. The molecular formula is C18H20N4O4. The molecule has 1 aliphatic heterocycles. The van der Waals surface area contributed by atoms with Crippen LogP contribution in [0.25, 0.3) is 0 Å². The van der Waals surface area contributed by atoms with Crippen molar-refractivity contribution >= 4 is 11.8 Å². The molecule has 0 spiro atoms. The average molecular weight is 356 g/mol. The molecule has 1 N–H and O–H groups in total. The van der Waals surface area contributed by atoms with Gasteiger partial charge in [-0.1, -0.05) is 12.1 Å². The minimum absolute atomic E-state index is 0.112. The number of para-hydroxylation sites is 1. The molecule has 1 fully saturated rings. The Morgan fingerprint density at radius 2 is 1.69 bits per heavy atom. The Morgan fingerprint density at radius 3 is 2.35 bits per heavy atom. The first-order chi connectivity index (χ1) is 12.6. The fourth-order valence-corrected chi connectivity index (χ4v) is 2.94. The van der Waals surface area contributed by atoms with Gasteiger partial charge in [0, 0.05) is 32.2 Å². The summed E-state index contributed by atoms with van der Waals surface area (Å²) in [6.07, 6.45) is 0.663. The lowest BCUT2D eigenvalue weighted by Gasteiger charge is -2.22. The van der Waals surface area contributed by atoms with Crippen molar-refractivity contribution in [1.29, 1.82) is 0 Å². The van der Waals surface area contributed by atoms with E-state index in [0.29, 0.717) is 43.9 Å². The number of carbonyl (C=O) groups is 2. The van der Waals surface area contributed by atoms with Crippen LogP contribution in [0, 0.1) is 0 Å². The van der Waals surface area contributed by atoms with Gasteiger partial charge in [0.15, 0.2) is 0 Å². The Kier molecular flexibility index (Phi) is 5.31. The van der Waals surface area contributed by atoms with Crippen LogP contribution in [0.4, 0.5) is 0 Å². The predicted molar refractivity (Wildman–Crippen MR) is 94.3 cm³/mol. The molecule has 0 unspecified atom stereocenters. The van der Waals surface area contributed by atoms with E-state index in [2.05, 4.69) is 10.2 Å². The lowest BCUT2D eigenvalue weighted by Crippen LogP contribution is -2.38. The first-order valence-corrected chi connectivity index (χ1v) is 8.37. The summed E-state index contributed by atoms with van der Waals surface area (Å²) < 4.78 is 5.27. The highest BCUT2D eigenvalue weighted by Crippen LogP contribution is 2.20. The number of hydrogen-bond acceptors (Lipinski definition) is 5. The Labute approximate surface area is 150 Å². The number of aromatic nitrogens is 2. The molecule has 3 rings (SSSR count). The van der Waals surface area contributed by atoms with Gasteiger partial charge in [-0.2, -0.15) is 5.10 Å². The molecule has 1 saturated heterocycles. The lowest BCUT2D eigenvalue weighted by atomic mass is 10.1. The smallest absolute Gasteiger partial charge is 0.274 e. The Morgan fingerprint density at radius 1 is 1.00 bits per heavy atom. The number of nitrogens with one attached hydrogen (secondary N) is 1. The zero-order chi connectivity index (χ0) is 18.5. The second kappa shape index (κ2) is 7.81. The molecule has 0 atom stereocenters. The van der Waals surface area contributed by atoms with Crippen molar-refractivity contribution < 1.29 is 14.3 Å². The quantitative estimate of drug-likeness (QED) is 0.876. The van der Waals surface area contributed by atoms with Crippen LogP contribution in [0.15, 0.2) is 41.2 Å². The zero-order valence-corrected chi connectivity index (χ0v) is 14.5. The largest absolute Gasteiger partial charge is 0.496 e. The maximum atomic E-state index is 12.8. The van der Waals surface area contributed by atoms with Gasteiger partial charge in [-0.15, -0.1) is 0 Å². The van der Waals surface area contributed by atoms with Crippen molar-refractivity contribution in [3.05, 3.63) is 58.0 Å². The van der Waals surface area contributed by atoms with Gasteiger partial charge in [0.05, 0.1) is 12.7 Å². The molecule has 1 aromatic carbocycles. The molecule has 26 heavy (non-hydrogen) atoms. The van der Waals surface area contributed by atoms with Gasteiger partial charge in [-0.05, 0) is 24.6 Å². The maximum Gasteiger partial charge on any atom is 0.274 e. The summed E-state index contributed by atoms with van der Waals surface area (Å²) in [5, 5.41) is 6.05. The van der Waals surface area contributed by atoms with Crippen LogP contribution in [0.2, 0.25) is 0 Å². The molecule has 136 valence electrons. The van der Waals surface area contributed by atoms with Gasteiger partial charge < -0.3 is 14.5 Å². The minimum Gasteiger partial charge on any atom is -0.496 e. The molecule has 0 radical (unpaired) electrons. The van der Waals surface area contributed by atoms with E-state index in [1.807, 2.05) is 6.07 Å². The van der Waals surface area contributed by atoms with Gasteiger partial charge in [0.1, 0.15) is 11.4 Å². The molecule has 2 heterocycles. The maximum absolute atomic E-state index is 12.8. The number of benzene rings is 1. The summed E-state index contributed by atoms with van der Waals surface area (Å²) >= 11 is 0. The summed E-state index contributed by atoms with van der Waals surface area (Å²) in [6, 6.07) is 9.78. The van der Waals surface area contributed by atoms with Crippen LogP contribution in [0.5, 0.6) is 5.75 Å². The van der Waals surface area contributed by atoms with Crippen molar-refractivity contribution in [2.45, 2.75) is 6.42 Å². The first kappa shape index (κ1) is 17.7. The van der Waals surface area contributed by atoms with Gasteiger partial charge in [0.2, 0.25) is 0 Å². The highest BCUT2D eigenvalue weighted by molar-refractivity contribution is 5.97. The Balaban J connectivity index is 1.70. The molecule has 1 aromatic heterocycles. The molecule has 2 amide bonds. The molecule has 0 saturated carbocycles. The zero-order valence-electron chi connectivity index (χ0n) is 14.5. The first-order valence-electron chi connectivity index (χ1n) is 8.37. The third kappa shape index (κ3) is 3.74. The predicted octanol–water partition coefficient (Wildman–Crippen LogP) is 0.767. The molecular weight excluding hydrogens is 336 g/mol. The standard InChI is InChI=1S/C18H20N4O4/c1-26-15-6-3-2-5-13(15)17(24)21-9-4-10-22(12-11-21)18(25)14-7-8-16(23)20-19-14/h2-3,5-8H,4,9-12H2,1H3,(H,20,23). The topological polar surface area (TPSA) is 95.6 Å². The number of amides is 2. The van der Waals surface area contributed by atoms with Crippen LogP contribution in [0.3, 0.4) is 0 Å². The highest BCUT2D eigenvalue weighted by Gasteiger charge is 2.25. The number of methoxy groups -OCH3 is 1. The fraction of sp³-hybridized carbons (Fsp3) is 0.333. The van der Waals surface area contributed by atoms with Crippen molar-refractivity contribution in [3.63, 3.8) is 0 Å². The molecule has 8 nitrogen and oxygen atoms in total. The summed E-state index contributed by atoms with van der Waals surface area (Å²) in [4.78, 5) is 39.8. The average Bonchev–Trinajstić information content (AvgIpc) is 2.93. The summed E-state index contributed by atoms with van der Waals surface area (Å²) in [6.45, 7) is 1.90. The van der Waals surface area contributed by atoms with Crippen molar-refractivity contribution in [3.8, 4) is 5.75 Å². The summed E-state index contributed by atoms with van der Waals surface area (Å²) in [5.74, 6) is 0.166. The monoisotopic (exact) mass is 356 g/mol. The Bertz CT molecular complexity index is 844. The molecule has 8 heteroatoms. The van der Waals surface area contributed by atoms with Crippen molar-refractivity contribution in [2.75, 3.05) is 33.3 Å². The van der Waals surface area contributed by atoms with E-state index in [1.54, 1.807) is 28.0 Å². The van der Waals surface area contributed by atoms with Crippen LogP contribution in [0.1, 0.15) is 27.3 Å². The number of hydrogen-bond donors (Lipinski definition) is 1. The molecule has 1 aliphatic rings. The van der Waals surface area contributed by atoms with Crippen molar-refractivity contribution in [1.82, 2.24) is 20.0 Å². The van der Waals surface area contributed by atoms with E-state index in [4.69, 9.17) is 4.74 Å². The van der Waals surface area contributed by atoms with Crippen LogP contribution >= 0.6 is 0 Å². The van der Waals surface area contributed by atoms with E-state index in [-0.39, 0.29) is 23.1 Å². The van der Waals surface area contributed by atoms with Gasteiger partial charge in [-0.3, -0.25) is 14.4 Å². The normalized spacial score (nSPS) is 14.7. The van der Waals surface area contributed by atoms with Gasteiger partial charge >= 0.3 is 0 Å². The fourth-order valence-electron chi connectivity index (χ4n) is 2.94. The van der Waals surface area contributed by atoms with E-state index in [9.17, 15) is 14.4 Å². The van der Waals surface area contributed by atoms with E-state index >= 15 is 0 Å². The lowest BCUT2D eigenvalue weighted by molar-refractivity contribution is 0.0713. The third-order valence-electron chi connectivity index (χ3n) is 4.31. The van der Waals surface area contributed by atoms with Crippen LogP contribution in [-0.4, -0.2) is 65.1 Å². The second-order valence-electron chi connectivity index (χ2n) is 5.94. The van der Waals surface area contributed by atoms with E-state index in [0.717, 1.165) is 0 Å². The number of carbonyl (C=O) groups excluding carboxylic acids is 2. The van der Waals surface area contributed by atoms with Crippen molar-refractivity contribution in [2.24, 2.45) is 0 Å². The SMILES string of the molecule is COc1ccccc1C(=O)N1CCCN(C(=O)c2ccc(=O)[nH]n2)CC1. The minimum atomic E-state index is -0.356. The molecule has 0 aliphatic carbocycles. The number of H-pyrrole nitrogens is 1. The number of rotatable bonds is 3. The summed E-state index contributed by atoms with van der Waals surface area (Å²) in [7, 11) is 1.53. The summed E-state index contributed by atoms with van der Waals surface area (Å²) in [5.41, 5.74) is 0.345. The van der Waals surface area contributed by atoms with E-state index in [1.165, 1.54) is 19.2 Å². The van der Waals surface area contributed by atoms with E-state index < -0.39 is 0 Å². The number of ether oxygens (including phenoxy) is 1. The van der Waals surface area contributed by atoms with Crippen LogP contribution in [-0.2, 0) is 0 Å². The number of aromatic amines is 1. The number of nitrogens with zero attached hydrogens (tertiary/aromatic N) is 3. The molecule has 0 bridgehead atoms.